The average Bonchev–Trinajstić information content (AvgIpc) is 2.62. The van der Waals surface area contributed by atoms with Gasteiger partial charge in [0.25, 0.3) is 0 Å². The van der Waals surface area contributed by atoms with Gasteiger partial charge in [0.1, 0.15) is 6.23 Å². The Hall–Kier alpha value is -0.120. The van der Waals surface area contributed by atoms with Crippen molar-refractivity contribution in [2.45, 2.75) is 31.6 Å². The summed E-state index contributed by atoms with van der Waals surface area (Å²) in [7, 11) is 0. The van der Waals surface area contributed by atoms with Gasteiger partial charge < -0.3 is 10.2 Å². The van der Waals surface area contributed by atoms with Crippen molar-refractivity contribution >= 4 is 0 Å². The molecule has 2 rings (SSSR count). The maximum Gasteiger partial charge on any atom is 0.133 e. The molecule has 11 heavy (non-hydrogen) atoms. The quantitative estimate of drug-likeness (QED) is 0.595. The summed E-state index contributed by atoms with van der Waals surface area (Å²) in [6.45, 7) is 1.90. The summed E-state index contributed by atoms with van der Waals surface area (Å²) < 4.78 is 0. The zero-order valence-electron chi connectivity index (χ0n) is 6.61. The van der Waals surface area contributed by atoms with Gasteiger partial charge in [0.15, 0.2) is 0 Å². The van der Waals surface area contributed by atoms with Crippen LogP contribution in [0.25, 0.3) is 0 Å². The van der Waals surface area contributed by atoms with Crippen molar-refractivity contribution in [3.8, 4) is 0 Å². The van der Waals surface area contributed by atoms with Crippen LogP contribution in [0, 0.1) is 5.92 Å². The maximum atomic E-state index is 9.52. The number of rotatable bonds is 3. The van der Waals surface area contributed by atoms with Crippen LogP contribution in [0.5, 0.6) is 0 Å². The average molecular weight is 157 g/mol. The van der Waals surface area contributed by atoms with Crippen LogP contribution >= 0.6 is 0 Å². The molecule has 1 aliphatic heterocycles. The van der Waals surface area contributed by atoms with Crippen LogP contribution < -0.4 is 0 Å². The van der Waals surface area contributed by atoms with E-state index in [4.69, 9.17) is 0 Å². The lowest BCUT2D eigenvalue weighted by Gasteiger charge is -2.37. The molecule has 64 valence electrons. The third-order valence-electron chi connectivity index (χ3n) is 2.68. The Bertz CT molecular complexity index is 143. The van der Waals surface area contributed by atoms with Crippen molar-refractivity contribution in [2.75, 3.05) is 13.1 Å². The van der Waals surface area contributed by atoms with Crippen LogP contribution in [-0.4, -0.2) is 40.5 Å². The zero-order chi connectivity index (χ0) is 7.84. The number of nitrogens with zero attached hydrogens (tertiary/aromatic N) is 1. The van der Waals surface area contributed by atoms with Gasteiger partial charge in [-0.2, -0.15) is 0 Å². The van der Waals surface area contributed by atoms with Gasteiger partial charge in [-0.15, -0.1) is 0 Å². The smallest absolute Gasteiger partial charge is 0.133 e. The van der Waals surface area contributed by atoms with Crippen LogP contribution in [0.3, 0.4) is 0 Å². The molecule has 2 atom stereocenters. The van der Waals surface area contributed by atoms with Gasteiger partial charge in [0.05, 0.1) is 6.10 Å². The molecule has 1 aliphatic carbocycles. The standard InChI is InChI=1S/C8H15NO2/c10-7(6-2-3-6)8(11)9-4-1-5-9/h6-8,10-11H,1-5H2. The molecule has 2 unspecified atom stereocenters. The molecule has 3 heteroatoms. The Morgan fingerprint density at radius 2 is 1.82 bits per heavy atom. The lowest BCUT2D eigenvalue weighted by Crippen LogP contribution is -2.51. The van der Waals surface area contributed by atoms with Crippen LogP contribution in [-0.2, 0) is 0 Å². The fourth-order valence-corrected chi connectivity index (χ4v) is 1.50. The predicted octanol–water partition coefficient (Wildman–Crippen LogP) is -0.219. The summed E-state index contributed by atoms with van der Waals surface area (Å²) in [5.41, 5.74) is 0. The lowest BCUT2D eigenvalue weighted by molar-refractivity contribution is -0.113. The first-order valence-electron chi connectivity index (χ1n) is 4.39. The molecule has 1 saturated heterocycles. The van der Waals surface area contributed by atoms with E-state index >= 15 is 0 Å². The van der Waals surface area contributed by atoms with E-state index in [0.717, 1.165) is 32.4 Å². The molecule has 1 saturated carbocycles. The zero-order valence-corrected chi connectivity index (χ0v) is 6.61. The Balaban J connectivity index is 1.81. The molecule has 0 bridgehead atoms. The molecular weight excluding hydrogens is 142 g/mol. The Kier molecular flexibility index (Phi) is 1.87. The van der Waals surface area contributed by atoms with E-state index in [1.165, 1.54) is 0 Å². The number of aliphatic hydroxyl groups is 2. The van der Waals surface area contributed by atoms with Crippen LogP contribution in [0.4, 0.5) is 0 Å². The van der Waals surface area contributed by atoms with Crippen molar-refractivity contribution in [2.24, 2.45) is 5.92 Å². The van der Waals surface area contributed by atoms with E-state index in [9.17, 15) is 10.2 Å². The molecule has 2 fully saturated rings. The SMILES string of the molecule is OC(C1CC1)C(O)N1CCC1. The second-order valence-corrected chi connectivity index (χ2v) is 3.63. The van der Waals surface area contributed by atoms with Crippen molar-refractivity contribution in [1.29, 1.82) is 0 Å². The van der Waals surface area contributed by atoms with E-state index < -0.39 is 12.3 Å². The van der Waals surface area contributed by atoms with E-state index in [-0.39, 0.29) is 0 Å². The van der Waals surface area contributed by atoms with Crippen molar-refractivity contribution in [3.63, 3.8) is 0 Å². The minimum atomic E-state index is -0.587. The highest BCUT2D eigenvalue weighted by atomic mass is 16.3. The number of hydrogen-bond acceptors (Lipinski definition) is 3. The number of likely N-dealkylation sites (tertiary alicyclic amines) is 1. The van der Waals surface area contributed by atoms with Crippen molar-refractivity contribution in [3.05, 3.63) is 0 Å². The van der Waals surface area contributed by atoms with E-state index in [1.807, 2.05) is 4.90 Å². The molecule has 2 N–H and O–H groups in total. The lowest BCUT2D eigenvalue weighted by atomic mass is 10.1. The summed E-state index contributed by atoms with van der Waals surface area (Å²) in [5, 5.41) is 19.0. The van der Waals surface area contributed by atoms with Crippen molar-refractivity contribution in [1.82, 2.24) is 4.90 Å². The highest BCUT2D eigenvalue weighted by Crippen LogP contribution is 2.35. The van der Waals surface area contributed by atoms with Gasteiger partial charge in [-0.1, -0.05) is 0 Å². The number of aliphatic hydroxyl groups excluding tert-OH is 2. The molecule has 0 amide bonds. The summed E-state index contributed by atoms with van der Waals surface area (Å²) in [4.78, 5) is 1.93. The van der Waals surface area contributed by atoms with E-state index in [0.29, 0.717) is 5.92 Å². The first kappa shape index (κ1) is 7.53. The maximum absolute atomic E-state index is 9.52. The van der Waals surface area contributed by atoms with Crippen LogP contribution in [0.15, 0.2) is 0 Å². The van der Waals surface area contributed by atoms with Gasteiger partial charge in [-0.3, -0.25) is 4.90 Å². The molecule has 2 aliphatic rings. The first-order chi connectivity index (χ1) is 5.29. The Morgan fingerprint density at radius 3 is 2.18 bits per heavy atom. The Labute approximate surface area is 66.6 Å². The molecule has 0 spiro atoms. The highest BCUT2D eigenvalue weighted by Gasteiger charge is 2.38. The summed E-state index contributed by atoms with van der Waals surface area (Å²) in [6, 6.07) is 0. The monoisotopic (exact) mass is 157 g/mol. The molecular formula is C8H15NO2. The van der Waals surface area contributed by atoms with Gasteiger partial charge in [0.2, 0.25) is 0 Å². The fraction of sp³-hybridized carbons (Fsp3) is 1.00. The molecule has 0 aromatic rings. The normalized spacial score (nSPS) is 31.1. The molecule has 0 aromatic carbocycles. The van der Waals surface area contributed by atoms with Crippen LogP contribution in [0.2, 0.25) is 0 Å². The summed E-state index contributed by atoms with van der Waals surface area (Å²) in [6.07, 6.45) is 2.26. The van der Waals surface area contributed by atoms with Gasteiger partial charge in [-0.25, -0.2) is 0 Å². The molecule has 0 aromatic heterocycles. The third-order valence-corrected chi connectivity index (χ3v) is 2.68. The second kappa shape index (κ2) is 2.73. The third kappa shape index (κ3) is 1.41. The number of hydrogen-bond donors (Lipinski definition) is 2. The minimum absolute atomic E-state index is 0.380. The molecule has 3 nitrogen and oxygen atoms in total. The highest BCUT2D eigenvalue weighted by molar-refractivity contribution is 4.87. The van der Waals surface area contributed by atoms with Crippen LogP contribution in [0.1, 0.15) is 19.3 Å². The van der Waals surface area contributed by atoms with E-state index in [2.05, 4.69) is 0 Å². The minimum Gasteiger partial charge on any atom is -0.389 e. The predicted molar refractivity (Wildman–Crippen MR) is 40.9 cm³/mol. The van der Waals surface area contributed by atoms with Gasteiger partial charge in [-0.05, 0) is 25.2 Å². The summed E-state index contributed by atoms with van der Waals surface area (Å²) >= 11 is 0. The fourth-order valence-electron chi connectivity index (χ4n) is 1.50. The summed E-state index contributed by atoms with van der Waals surface area (Å²) in [5.74, 6) is 0.380. The van der Waals surface area contributed by atoms with E-state index in [1.54, 1.807) is 0 Å². The Morgan fingerprint density at radius 1 is 1.18 bits per heavy atom. The molecule has 0 radical (unpaired) electrons. The topological polar surface area (TPSA) is 43.7 Å². The first-order valence-corrected chi connectivity index (χ1v) is 4.39. The largest absolute Gasteiger partial charge is 0.389 e. The van der Waals surface area contributed by atoms with Gasteiger partial charge in [0, 0.05) is 13.1 Å². The van der Waals surface area contributed by atoms with Gasteiger partial charge >= 0.3 is 0 Å². The van der Waals surface area contributed by atoms with Crippen molar-refractivity contribution < 1.29 is 10.2 Å². The second-order valence-electron chi connectivity index (χ2n) is 3.63. The molecule has 1 heterocycles.